The van der Waals surface area contributed by atoms with Crippen molar-refractivity contribution in [2.75, 3.05) is 18.9 Å². The van der Waals surface area contributed by atoms with Gasteiger partial charge >= 0.3 is 0 Å². The average molecular weight is 274 g/mol. The summed E-state index contributed by atoms with van der Waals surface area (Å²) in [6, 6.07) is 10.3. The number of amides is 1. The van der Waals surface area contributed by atoms with Gasteiger partial charge in [-0.05, 0) is 37.9 Å². The van der Waals surface area contributed by atoms with Gasteiger partial charge in [0.15, 0.2) is 0 Å². The van der Waals surface area contributed by atoms with Gasteiger partial charge in [0.2, 0.25) is 5.91 Å². The van der Waals surface area contributed by atoms with Gasteiger partial charge in [-0.2, -0.15) is 0 Å². The molecular weight excluding hydrogens is 248 g/mol. The van der Waals surface area contributed by atoms with E-state index >= 15 is 0 Å². The van der Waals surface area contributed by atoms with Gasteiger partial charge in [0.1, 0.15) is 0 Å². The van der Waals surface area contributed by atoms with Crippen LogP contribution in [-0.2, 0) is 4.79 Å². The molecule has 0 unspecified atom stereocenters. The van der Waals surface area contributed by atoms with Crippen LogP contribution in [-0.4, -0.2) is 30.4 Å². The first kappa shape index (κ1) is 15.0. The predicted octanol–water partition coefficient (Wildman–Crippen LogP) is 3.53. The largest absolute Gasteiger partial charge is 0.326 e. The summed E-state index contributed by atoms with van der Waals surface area (Å²) in [7, 11) is 2.16. The smallest absolute Gasteiger partial charge is 0.225 e. The molecule has 0 spiro atoms. The third kappa shape index (κ3) is 4.34. The molecule has 1 amide bonds. The lowest BCUT2D eigenvalue weighted by molar-refractivity contribution is -0.116. The Balaban J connectivity index is 1.75. The Morgan fingerprint density at radius 3 is 2.65 bits per heavy atom. The van der Waals surface area contributed by atoms with E-state index in [2.05, 4.69) is 24.2 Å². The molecule has 0 aromatic heterocycles. The van der Waals surface area contributed by atoms with Gasteiger partial charge in [-0.1, -0.05) is 38.0 Å². The summed E-state index contributed by atoms with van der Waals surface area (Å²) in [5.41, 5.74) is 0.881. The molecule has 110 valence electrons. The number of anilines is 1. The Labute approximate surface area is 122 Å². The summed E-state index contributed by atoms with van der Waals surface area (Å²) >= 11 is 0. The minimum atomic E-state index is 0.103. The van der Waals surface area contributed by atoms with E-state index in [1.54, 1.807) is 0 Å². The van der Waals surface area contributed by atoms with Gasteiger partial charge < -0.3 is 10.2 Å². The Morgan fingerprint density at radius 2 is 1.95 bits per heavy atom. The maximum Gasteiger partial charge on any atom is 0.225 e. The van der Waals surface area contributed by atoms with Crippen molar-refractivity contribution in [3.05, 3.63) is 30.3 Å². The molecule has 3 nitrogen and oxygen atoms in total. The number of hydrogen-bond acceptors (Lipinski definition) is 2. The Hall–Kier alpha value is -1.35. The van der Waals surface area contributed by atoms with E-state index in [1.165, 1.54) is 25.7 Å². The van der Waals surface area contributed by atoms with E-state index in [4.69, 9.17) is 0 Å². The zero-order valence-electron chi connectivity index (χ0n) is 12.6. The SMILES string of the molecule is C[C@H]1CCCC[C@H]1N(C)CCC(=O)Nc1ccccc1. The standard InChI is InChI=1S/C17H26N2O/c1-14-8-6-7-11-16(14)19(2)13-12-17(20)18-15-9-4-3-5-10-15/h3-5,9-10,14,16H,6-8,11-13H2,1-2H3,(H,18,20)/t14-,16+/m0/s1. The molecule has 0 bridgehead atoms. The summed E-state index contributed by atoms with van der Waals surface area (Å²) in [5, 5.41) is 2.95. The lowest BCUT2D eigenvalue weighted by atomic mass is 9.85. The highest BCUT2D eigenvalue weighted by molar-refractivity contribution is 5.90. The number of benzene rings is 1. The topological polar surface area (TPSA) is 32.3 Å². The first-order valence-electron chi connectivity index (χ1n) is 7.72. The molecule has 1 aliphatic carbocycles. The Kier molecular flexibility index (Phi) is 5.60. The van der Waals surface area contributed by atoms with Crippen LogP contribution in [0.15, 0.2) is 30.3 Å². The van der Waals surface area contributed by atoms with E-state index in [0.29, 0.717) is 12.5 Å². The number of rotatable bonds is 5. The number of carbonyl (C=O) groups is 1. The third-order valence-electron chi connectivity index (χ3n) is 4.38. The van der Waals surface area contributed by atoms with Crippen LogP contribution in [0.1, 0.15) is 39.0 Å². The highest BCUT2D eigenvalue weighted by atomic mass is 16.1. The van der Waals surface area contributed by atoms with Crippen LogP contribution < -0.4 is 5.32 Å². The summed E-state index contributed by atoms with van der Waals surface area (Å²) in [4.78, 5) is 14.3. The zero-order valence-corrected chi connectivity index (χ0v) is 12.6. The number of nitrogens with zero attached hydrogens (tertiary/aromatic N) is 1. The van der Waals surface area contributed by atoms with E-state index in [0.717, 1.165) is 18.2 Å². The normalized spacial score (nSPS) is 22.8. The van der Waals surface area contributed by atoms with Crippen molar-refractivity contribution in [2.24, 2.45) is 5.92 Å². The number of hydrogen-bond donors (Lipinski definition) is 1. The minimum absolute atomic E-state index is 0.103. The second-order valence-electron chi connectivity index (χ2n) is 5.97. The molecule has 2 rings (SSSR count). The highest BCUT2D eigenvalue weighted by Crippen LogP contribution is 2.27. The van der Waals surface area contributed by atoms with Crippen molar-refractivity contribution >= 4 is 11.6 Å². The summed E-state index contributed by atoms with van der Waals surface area (Å²) in [6.45, 7) is 3.18. The Morgan fingerprint density at radius 1 is 1.25 bits per heavy atom. The molecule has 0 radical (unpaired) electrons. The molecule has 1 saturated carbocycles. The quantitative estimate of drug-likeness (QED) is 0.891. The van der Waals surface area contributed by atoms with Crippen LogP contribution in [0, 0.1) is 5.92 Å². The highest BCUT2D eigenvalue weighted by Gasteiger charge is 2.24. The van der Waals surface area contributed by atoms with Crippen molar-refractivity contribution in [3.63, 3.8) is 0 Å². The summed E-state index contributed by atoms with van der Waals surface area (Å²) < 4.78 is 0. The van der Waals surface area contributed by atoms with Crippen molar-refractivity contribution in [1.29, 1.82) is 0 Å². The maximum atomic E-state index is 11.9. The van der Waals surface area contributed by atoms with Crippen molar-refractivity contribution in [3.8, 4) is 0 Å². The van der Waals surface area contributed by atoms with E-state index in [-0.39, 0.29) is 5.91 Å². The molecule has 1 aromatic rings. The molecule has 3 heteroatoms. The molecule has 1 aromatic carbocycles. The number of para-hydroxylation sites is 1. The van der Waals surface area contributed by atoms with Crippen LogP contribution in [0.4, 0.5) is 5.69 Å². The van der Waals surface area contributed by atoms with Crippen molar-refractivity contribution in [2.45, 2.75) is 45.1 Å². The zero-order chi connectivity index (χ0) is 14.4. The lowest BCUT2D eigenvalue weighted by Gasteiger charge is -2.36. The molecule has 1 aliphatic rings. The molecule has 20 heavy (non-hydrogen) atoms. The van der Waals surface area contributed by atoms with Crippen LogP contribution in [0.5, 0.6) is 0 Å². The molecule has 1 fully saturated rings. The fourth-order valence-electron chi connectivity index (χ4n) is 3.14. The molecule has 1 N–H and O–H groups in total. The third-order valence-corrected chi connectivity index (χ3v) is 4.38. The summed E-state index contributed by atoms with van der Waals surface area (Å²) in [5.74, 6) is 0.859. The van der Waals surface area contributed by atoms with Crippen LogP contribution in [0.2, 0.25) is 0 Å². The predicted molar refractivity (Wildman–Crippen MR) is 83.7 cm³/mol. The second kappa shape index (κ2) is 7.44. The molecule has 0 saturated heterocycles. The van der Waals surface area contributed by atoms with Crippen LogP contribution >= 0.6 is 0 Å². The van der Waals surface area contributed by atoms with Gasteiger partial charge in [0.05, 0.1) is 0 Å². The van der Waals surface area contributed by atoms with Gasteiger partial charge in [-0.3, -0.25) is 4.79 Å². The average Bonchev–Trinajstić information content (AvgIpc) is 2.46. The molecular formula is C17H26N2O. The van der Waals surface area contributed by atoms with Gasteiger partial charge in [-0.15, -0.1) is 0 Å². The molecule has 0 aliphatic heterocycles. The fourth-order valence-corrected chi connectivity index (χ4v) is 3.14. The second-order valence-corrected chi connectivity index (χ2v) is 5.97. The Bertz CT molecular complexity index is 418. The fraction of sp³-hybridized carbons (Fsp3) is 0.588. The van der Waals surface area contributed by atoms with Crippen molar-refractivity contribution < 1.29 is 4.79 Å². The van der Waals surface area contributed by atoms with E-state index in [9.17, 15) is 4.79 Å². The molecule has 2 atom stereocenters. The maximum absolute atomic E-state index is 11.9. The first-order chi connectivity index (χ1) is 9.66. The summed E-state index contributed by atoms with van der Waals surface area (Å²) in [6.07, 6.45) is 5.85. The van der Waals surface area contributed by atoms with Crippen LogP contribution in [0.3, 0.4) is 0 Å². The van der Waals surface area contributed by atoms with Gasteiger partial charge in [0.25, 0.3) is 0 Å². The van der Waals surface area contributed by atoms with E-state index in [1.807, 2.05) is 30.3 Å². The minimum Gasteiger partial charge on any atom is -0.326 e. The van der Waals surface area contributed by atoms with Crippen molar-refractivity contribution in [1.82, 2.24) is 4.90 Å². The lowest BCUT2D eigenvalue weighted by Crippen LogP contribution is -2.40. The van der Waals surface area contributed by atoms with Gasteiger partial charge in [0, 0.05) is 24.7 Å². The molecule has 0 heterocycles. The first-order valence-corrected chi connectivity index (χ1v) is 7.72. The van der Waals surface area contributed by atoms with E-state index < -0.39 is 0 Å². The monoisotopic (exact) mass is 274 g/mol. The van der Waals surface area contributed by atoms with Crippen LogP contribution in [0.25, 0.3) is 0 Å². The van der Waals surface area contributed by atoms with Gasteiger partial charge in [-0.25, -0.2) is 0 Å². The number of carbonyl (C=O) groups excluding carboxylic acids is 1. The number of nitrogens with one attached hydrogen (secondary N) is 1.